The molecule has 1 amide bonds. The molecule has 1 heterocycles. The number of amides is 1. The summed E-state index contributed by atoms with van der Waals surface area (Å²) < 4.78 is 0. The molecule has 21 heavy (non-hydrogen) atoms. The molecule has 0 atom stereocenters. The molecule has 5 nitrogen and oxygen atoms in total. The molecular weight excluding hydrogens is 264 g/mol. The van der Waals surface area contributed by atoms with Gasteiger partial charge in [0.15, 0.2) is 0 Å². The third-order valence-corrected chi connectivity index (χ3v) is 3.47. The summed E-state index contributed by atoms with van der Waals surface area (Å²) in [5.74, 6) is 0.391. The first-order chi connectivity index (χ1) is 10.1. The Hall–Kier alpha value is -2.43. The zero-order chi connectivity index (χ0) is 14.8. The second-order valence-electron chi connectivity index (χ2n) is 5.49. The normalized spacial score (nSPS) is 13.8. The van der Waals surface area contributed by atoms with Crippen molar-refractivity contribution in [2.75, 3.05) is 5.32 Å². The first kappa shape index (κ1) is 13.5. The van der Waals surface area contributed by atoms with E-state index in [0.717, 1.165) is 24.1 Å². The highest BCUT2D eigenvalue weighted by Gasteiger charge is 2.23. The lowest BCUT2D eigenvalue weighted by molar-refractivity contribution is 0.0950. The van der Waals surface area contributed by atoms with Gasteiger partial charge >= 0.3 is 0 Å². The molecule has 0 unspecified atom stereocenters. The van der Waals surface area contributed by atoms with Gasteiger partial charge in [0.2, 0.25) is 5.95 Å². The minimum atomic E-state index is -0.101. The molecular formula is C16H18N4O. The number of anilines is 2. The van der Waals surface area contributed by atoms with Crippen molar-refractivity contribution in [2.24, 2.45) is 0 Å². The topological polar surface area (TPSA) is 66.9 Å². The summed E-state index contributed by atoms with van der Waals surface area (Å²) in [5.41, 5.74) is 3.77. The third-order valence-electron chi connectivity index (χ3n) is 3.47. The van der Waals surface area contributed by atoms with Crippen molar-refractivity contribution in [3.63, 3.8) is 0 Å². The highest BCUT2D eigenvalue weighted by molar-refractivity contribution is 5.94. The largest absolute Gasteiger partial charge is 0.349 e. The van der Waals surface area contributed by atoms with Crippen LogP contribution in [0, 0.1) is 13.8 Å². The number of nitrogens with zero attached hydrogens (tertiary/aromatic N) is 2. The van der Waals surface area contributed by atoms with Crippen molar-refractivity contribution in [3.8, 4) is 0 Å². The van der Waals surface area contributed by atoms with Crippen LogP contribution in [0.5, 0.6) is 0 Å². The Morgan fingerprint density at radius 1 is 1.19 bits per heavy atom. The molecule has 1 aliphatic carbocycles. The van der Waals surface area contributed by atoms with Gasteiger partial charge in [0.05, 0.1) is 5.56 Å². The van der Waals surface area contributed by atoms with Gasteiger partial charge in [-0.1, -0.05) is 12.1 Å². The first-order valence-corrected chi connectivity index (χ1v) is 7.09. The molecule has 2 aromatic rings. The molecule has 2 N–H and O–H groups in total. The number of carbonyl (C=O) groups excluding carboxylic acids is 1. The van der Waals surface area contributed by atoms with Crippen molar-refractivity contribution >= 4 is 17.5 Å². The molecule has 1 aromatic carbocycles. The Labute approximate surface area is 123 Å². The second-order valence-corrected chi connectivity index (χ2v) is 5.49. The Morgan fingerprint density at radius 3 is 2.57 bits per heavy atom. The van der Waals surface area contributed by atoms with Crippen LogP contribution in [-0.2, 0) is 0 Å². The molecule has 1 fully saturated rings. The lowest BCUT2D eigenvalue weighted by atomic mass is 10.1. The average molecular weight is 282 g/mol. The zero-order valence-electron chi connectivity index (χ0n) is 12.2. The van der Waals surface area contributed by atoms with Gasteiger partial charge in [-0.3, -0.25) is 4.79 Å². The van der Waals surface area contributed by atoms with Crippen molar-refractivity contribution in [2.45, 2.75) is 32.7 Å². The van der Waals surface area contributed by atoms with E-state index in [0.29, 0.717) is 17.6 Å². The van der Waals surface area contributed by atoms with Crippen molar-refractivity contribution in [1.29, 1.82) is 0 Å². The SMILES string of the molecule is Cc1ccc(C)c(Nc2ncc(C(=O)NC3CC3)cn2)c1. The van der Waals surface area contributed by atoms with E-state index in [1.807, 2.05) is 19.9 Å². The van der Waals surface area contributed by atoms with Crippen LogP contribution in [0.2, 0.25) is 0 Å². The number of benzene rings is 1. The first-order valence-electron chi connectivity index (χ1n) is 7.09. The van der Waals surface area contributed by atoms with Crippen LogP contribution in [0.1, 0.15) is 34.3 Å². The van der Waals surface area contributed by atoms with Gasteiger partial charge in [0.25, 0.3) is 5.91 Å². The van der Waals surface area contributed by atoms with Crippen LogP contribution in [0.3, 0.4) is 0 Å². The minimum absolute atomic E-state index is 0.101. The van der Waals surface area contributed by atoms with Crippen LogP contribution in [-0.4, -0.2) is 21.9 Å². The minimum Gasteiger partial charge on any atom is -0.349 e. The maximum atomic E-state index is 11.9. The number of aromatic nitrogens is 2. The molecule has 0 radical (unpaired) electrons. The summed E-state index contributed by atoms with van der Waals surface area (Å²) in [6.45, 7) is 4.07. The van der Waals surface area contributed by atoms with Crippen LogP contribution < -0.4 is 10.6 Å². The number of rotatable bonds is 4. The van der Waals surface area contributed by atoms with E-state index in [9.17, 15) is 4.79 Å². The van der Waals surface area contributed by atoms with Crippen molar-refractivity contribution in [3.05, 3.63) is 47.3 Å². The Morgan fingerprint density at radius 2 is 1.90 bits per heavy atom. The molecule has 5 heteroatoms. The standard InChI is InChI=1S/C16H18N4O/c1-10-3-4-11(2)14(7-10)20-16-17-8-12(9-18-16)15(21)19-13-5-6-13/h3-4,7-9,13H,5-6H2,1-2H3,(H,19,21)(H,17,18,20). The third kappa shape index (κ3) is 3.37. The maximum absolute atomic E-state index is 11.9. The summed E-state index contributed by atoms with van der Waals surface area (Å²) >= 11 is 0. The Bertz CT molecular complexity index is 662. The maximum Gasteiger partial charge on any atom is 0.254 e. The van der Waals surface area contributed by atoms with E-state index in [1.54, 1.807) is 12.4 Å². The van der Waals surface area contributed by atoms with Gasteiger partial charge in [-0.2, -0.15) is 0 Å². The molecule has 0 spiro atoms. The fraction of sp³-hybridized carbons (Fsp3) is 0.312. The summed E-state index contributed by atoms with van der Waals surface area (Å²) in [6, 6.07) is 6.50. The summed E-state index contributed by atoms with van der Waals surface area (Å²) in [7, 11) is 0. The Balaban J connectivity index is 1.71. The van der Waals surface area contributed by atoms with Gasteiger partial charge < -0.3 is 10.6 Å². The molecule has 108 valence electrons. The van der Waals surface area contributed by atoms with Crippen LogP contribution in [0.15, 0.2) is 30.6 Å². The molecule has 0 saturated heterocycles. The number of hydrogen-bond acceptors (Lipinski definition) is 4. The average Bonchev–Trinajstić information content (AvgIpc) is 3.27. The monoisotopic (exact) mass is 282 g/mol. The fourth-order valence-corrected chi connectivity index (χ4v) is 2.00. The Kier molecular flexibility index (Phi) is 3.56. The van der Waals surface area contributed by atoms with Gasteiger partial charge in [-0.15, -0.1) is 0 Å². The summed E-state index contributed by atoms with van der Waals surface area (Å²) in [4.78, 5) is 20.3. The van der Waals surface area contributed by atoms with E-state index in [2.05, 4.69) is 32.7 Å². The smallest absolute Gasteiger partial charge is 0.254 e. The molecule has 1 aromatic heterocycles. The highest BCUT2D eigenvalue weighted by Crippen LogP contribution is 2.20. The molecule has 1 aliphatic rings. The van der Waals surface area contributed by atoms with E-state index < -0.39 is 0 Å². The molecule has 1 saturated carbocycles. The van der Waals surface area contributed by atoms with E-state index >= 15 is 0 Å². The van der Waals surface area contributed by atoms with Crippen molar-refractivity contribution < 1.29 is 4.79 Å². The van der Waals surface area contributed by atoms with Gasteiger partial charge in [0, 0.05) is 24.1 Å². The van der Waals surface area contributed by atoms with E-state index in [1.165, 1.54) is 5.56 Å². The van der Waals surface area contributed by atoms with E-state index in [-0.39, 0.29) is 5.91 Å². The fourth-order valence-electron chi connectivity index (χ4n) is 2.00. The van der Waals surface area contributed by atoms with Gasteiger partial charge in [-0.25, -0.2) is 9.97 Å². The predicted octanol–water partition coefficient (Wildman–Crippen LogP) is 2.73. The number of aryl methyl sites for hydroxylation is 2. The number of hydrogen-bond donors (Lipinski definition) is 2. The number of nitrogens with one attached hydrogen (secondary N) is 2. The van der Waals surface area contributed by atoms with Crippen LogP contribution in [0.25, 0.3) is 0 Å². The van der Waals surface area contributed by atoms with Crippen molar-refractivity contribution in [1.82, 2.24) is 15.3 Å². The van der Waals surface area contributed by atoms with Gasteiger partial charge in [0.1, 0.15) is 0 Å². The zero-order valence-corrected chi connectivity index (χ0v) is 12.2. The second kappa shape index (κ2) is 5.52. The summed E-state index contributed by atoms with van der Waals surface area (Å²) in [6.07, 6.45) is 5.24. The lowest BCUT2D eigenvalue weighted by Gasteiger charge is -2.09. The molecule has 3 rings (SSSR count). The van der Waals surface area contributed by atoms with Crippen LogP contribution in [0.4, 0.5) is 11.6 Å². The summed E-state index contributed by atoms with van der Waals surface area (Å²) in [5, 5.41) is 6.09. The molecule has 0 bridgehead atoms. The predicted molar refractivity (Wildman–Crippen MR) is 81.7 cm³/mol. The quantitative estimate of drug-likeness (QED) is 0.905. The highest BCUT2D eigenvalue weighted by atomic mass is 16.1. The lowest BCUT2D eigenvalue weighted by Crippen LogP contribution is -2.25. The van der Waals surface area contributed by atoms with E-state index in [4.69, 9.17) is 0 Å². The number of carbonyl (C=O) groups is 1. The van der Waals surface area contributed by atoms with Gasteiger partial charge in [-0.05, 0) is 43.9 Å². The van der Waals surface area contributed by atoms with Crippen LogP contribution >= 0.6 is 0 Å². The molecule has 0 aliphatic heterocycles.